The van der Waals surface area contributed by atoms with Crippen LogP contribution >= 0.6 is 0 Å². The van der Waals surface area contributed by atoms with Crippen molar-refractivity contribution < 1.29 is 18.0 Å². The maximum Gasteiger partial charge on any atom is 0.501 e. The molecular formula is C10H21NO4Si. The van der Waals surface area contributed by atoms with Crippen LogP contribution in [0, 0.1) is 0 Å². The normalized spacial score (nSPS) is 35.4. The van der Waals surface area contributed by atoms with Gasteiger partial charge in [-0.15, -0.1) is 0 Å². The highest BCUT2D eigenvalue weighted by Crippen LogP contribution is 2.21. The molecule has 0 N–H and O–H groups in total. The molecule has 0 aromatic heterocycles. The Hall–Kier alpha value is 0.0169. The summed E-state index contributed by atoms with van der Waals surface area (Å²) in [5.41, 5.74) is 0. The van der Waals surface area contributed by atoms with E-state index in [9.17, 15) is 0 Å². The van der Waals surface area contributed by atoms with E-state index in [0.29, 0.717) is 0 Å². The number of ether oxygens (including phenoxy) is 1. The Morgan fingerprint density at radius 2 is 1.62 bits per heavy atom. The number of hydrogen-bond donors (Lipinski definition) is 0. The van der Waals surface area contributed by atoms with Gasteiger partial charge in [0, 0.05) is 39.4 Å². The van der Waals surface area contributed by atoms with Gasteiger partial charge in [-0.3, -0.25) is 4.90 Å². The molecule has 0 amide bonds. The van der Waals surface area contributed by atoms with E-state index in [-0.39, 0.29) is 0 Å². The number of methoxy groups -OCH3 is 1. The Labute approximate surface area is 98.0 Å². The molecule has 3 fully saturated rings. The largest absolute Gasteiger partial charge is 0.501 e. The first-order valence-electron chi connectivity index (χ1n) is 5.98. The maximum atomic E-state index is 5.89. The molecule has 5 nitrogen and oxygen atoms in total. The minimum Gasteiger partial charge on any atom is -0.385 e. The summed E-state index contributed by atoms with van der Waals surface area (Å²) in [6.45, 7) is 5.97. The van der Waals surface area contributed by atoms with Crippen LogP contribution in [0.5, 0.6) is 0 Å². The molecule has 0 unspecified atom stereocenters. The van der Waals surface area contributed by atoms with E-state index in [1.807, 2.05) is 0 Å². The van der Waals surface area contributed by atoms with Gasteiger partial charge in [0.2, 0.25) is 0 Å². The van der Waals surface area contributed by atoms with Gasteiger partial charge < -0.3 is 18.0 Å². The van der Waals surface area contributed by atoms with Gasteiger partial charge in [-0.25, -0.2) is 0 Å². The van der Waals surface area contributed by atoms with Gasteiger partial charge >= 0.3 is 8.80 Å². The number of hydrogen-bond acceptors (Lipinski definition) is 5. The van der Waals surface area contributed by atoms with Crippen molar-refractivity contribution in [3.8, 4) is 0 Å². The molecule has 3 aliphatic rings. The summed E-state index contributed by atoms with van der Waals surface area (Å²) in [7, 11) is -0.653. The minimum atomic E-state index is -2.37. The van der Waals surface area contributed by atoms with Crippen LogP contribution in [-0.2, 0) is 18.0 Å². The third-order valence-electron chi connectivity index (χ3n) is 3.02. The Kier molecular flexibility index (Phi) is 4.74. The van der Waals surface area contributed by atoms with Gasteiger partial charge in [0.05, 0.1) is 19.8 Å². The SMILES string of the molecule is COCCC[Si]12OCCN(CCO1)CCO2. The van der Waals surface area contributed by atoms with E-state index in [2.05, 4.69) is 4.90 Å². The van der Waals surface area contributed by atoms with Crippen molar-refractivity contribution in [2.75, 3.05) is 53.2 Å². The van der Waals surface area contributed by atoms with Gasteiger partial charge in [-0.1, -0.05) is 0 Å². The average Bonchev–Trinajstić information content (AvgIpc) is 2.19. The summed E-state index contributed by atoms with van der Waals surface area (Å²) in [6, 6.07) is 0.876. The average molecular weight is 247 g/mol. The maximum absolute atomic E-state index is 5.89. The van der Waals surface area contributed by atoms with E-state index >= 15 is 0 Å². The van der Waals surface area contributed by atoms with Crippen molar-refractivity contribution in [3.63, 3.8) is 0 Å². The van der Waals surface area contributed by atoms with Crippen LogP contribution in [0.25, 0.3) is 0 Å². The van der Waals surface area contributed by atoms with Crippen molar-refractivity contribution in [2.45, 2.75) is 12.5 Å². The van der Waals surface area contributed by atoms with Gasteiger partial charge in [0.25, 0.3) is 0 Å². The topological polar surface area (TPSA) is 40.2 Å². The number of fused-ring (bicyclic) bond motifs is 6. The van der Waals surface area contributed by atoms with Gasteiger partial charge in [-0.2, -0.15) is 0 Å². The zero-order valence-electron chi connectivity index (χ0n) is 9.94. The molecule has 94 valence electrons. The van der Waals surface area contributed by atoms with Crippen LogP contribution in [-0.4, -0.2) is 66.9 Å². The lowest BCUT2D eigenvalue weighted by Crippen LogP contribution is -2.55. The van der Waals surface area contributed by atoms with E-state index in [1.165, 1.54) is 0 Å². The highest BCUT2D eigenvalue weighted by Gasteiger charge is 2.43. The van der Waals surface area contributed by atoms with Crippen molar-refractivity contribution in [1.82, 2.24) is 4.90 Å². The molecule has 0 spiro atoms. The summed E-state index contributed by atoms with van der Waals surface area (Å²) in [5, 5.41) is 0. The Morgan fingerprint density at radius 1 is 1.06 bits per heavy atom. The monoisotopic (exact) mass is 247 g/mol. The van der Waals surface area contributed by atoms with Gasteiger partial charge in [-0.05, 0) is 6.42 Å². The van der Waals surface area contributed by atoms with Gasteiger partial charge in [0.15, 0.2) is 0 Å². The molecule has 0 aliphatic carbocycles. The molecule has 0 saturated carbocycles. The van der Waals surface area contributed by atoms with Crippen LogP contribution < -0.4 is 0 Å². The van der Waals surface area contributed by atoms with E-state index < -0.39 is 8.80 Å². The van der Waals surface area contributed by atoms with Crippen molar-refractivity contribution in [2.24, 2.45) is 0 Å². The van der Waals surface area contributed by atoms with Crippen molar-refractivity contribution in [1.29, 1.82) is 0 Å². The van der Waals surface area contributed by atoms with Gasteiger partial charge in [0.1, 0.15) is 0 Å². The second kappa shape index (κ2) is 6.09. The van der Waals surface area contributed by atoms with Crippen LogP contribution in [0.2, 0.25) is 6.04 Å². The lowest BCUT2D eigenvalue weighted by molar-refractivity contribution is -0.00936. The molecule has 2 bridgehead atoms. The molecule has 0 radical (unpaired) electrons. The fourth-order valence-corrected chi connectivity index (χ4v) is 4.57. The van der Waals surface area contributed by atoms with Crippen LogP contribution in [0.1, 0.15) is 6.42 Å². The minimum absolute atomic E-state index is 0.735. The summed E-state index contributed by atoms with van der Waals surface area (Å²) in [4.78, 5) is 2.33. The lowest BCUT2D eigenvalue weighted by Gasteiger charge is -2.38. The summed E-state index contributed by atoms with van der Waals surface area (Å²) < 4.78 is 22.7. The molecule has 0 aromatic rings. The quantitative estimate of drug-likeness (QED) is 0.529. The smallest absolute Gasteiger partial charge is 0.385 e. The molecule has 3 aliphatic heterocycles. The summed E-state index contributed by atoms with van der Waals surface area (Å²) in [5.74, 6) is 0. The fourth-order valence-electron chi connectivity index (χ4n) is 2.10. The Morgan fingerprint density at radius 3 is 2.12 bits per heavy atom. The molecular weight excluding hydrogens is 226 g/mol. The summed E-state index contributed by atoms with van der Waals surface area (Å²) >= 11 is 0. The first-order chi connectivity index (χ1) is 7.85. The van der Waals surface area contributed by atoms with Crippen molar-refractivity contribution in [3.05, 3.63) is 0 Å². The second-order valence-corrected chi connectivity index (χ2v) is 6.90. The zero-order chi connectivity index (χ0) is 11.3. The third kappa shape index (κ3) is 3.25. The van der Waals surface area contributed by atoms with Crippen LogP contribution in [0.3, 0.4) is 0 Å². The third-order valence-corrected chi connectivity index (χ3v) is 5.92. The van der Waals surface area contributed by atoms with Crippen molar-refractivity contribution >= 4 is 8.80 Å². The predicted molar refractivity (Wildman–Crippen MR) is 61.4 cm³/mol. The molecule has 16 heavy (non-hydrogen) atoms. The second-order valence-electron chi connectivity index (χ2n) is 4.17. The Bertz CT molecular complexity index is 190. The fraction of sp³-hybridized carbons (Fsp3) is 1.00. The molecule has 6 heteroatoms. The highest BCUT2D eigenvalue weighted by atomic mass is 28.4. The molecule has 3 heterocycles. The van der Waals surface area contributed by atoms with E-state index in [1.54, 1.807) is 7.11 Å². The van der Waals surface area contributed by atoms with Crippen LogP contribution in [0.15, 0.2) is 0 Å². The number of rotatable bonds is 4. The highest BCUT2D eigenvalue weighted by molar-refractivity contribution is 6.60. The first kappa shape index (κ1) is 12.5. The van der Waals surface area contributed by atoms with E-state index in [0.717, 1.165) is 58.5 Å². The Balaban J connectivity index is 1.92. The number of nitrogens with zero attached hydrogens (tertiary/aromatic N) is 1. The lowest BCUT2D eigenvalue weighted by atomic mass is 10.4. The molecule has 3 rings (SSSR count). The zero-order valence-corrected chi connectivity index (χ0v) is 10.9. The molecule has 3 saturated heterocycles. The first-order valence-corrected chi connectivity index (χ1v) is 7.91. The standard InChI is InChI=1S/C10H21NO4Si/c1-12-6-2-10-16-13-7-3-11(4-8-14-16)5-9-15-16/h2-10H2,1H3. The summed E-state index contributed by atoms with van der Waals surface area (Å²) in [6.07, 6.45) is 0.951. The van der Waals surface area contributed by atoms with Crippen LogP contribution in [0.4, 0.5) is 0 Å². The van der Waals surface area contributed by atoms with E-state index in [4.69, 9.17) is 18.0 Å². The predicted octanol–water partition coefficient (Wildman–Crippen LogP) is 0.341. The molecule has 0 aromatic carbocycles. The molecule has 0 atom stereocenters.